The monoisotopic (exact) mass is 226 g/mol. The second-order valence-electron chi connectivity index (χ2n) is 4.25. The fourth-order valence-electron chi connectivity index (χ4n) is 1.69. The second kappa shape index (κ2) is 3.81. The summed E-state index contributed by atoms with van der Waals surface area (Å²) >= 11 is 1.48. The molecule has 4 nitrogen and oxygen atoms in total. The summed E-state index contributed by atoms with van der Waals surface area (Å²) in [5.74, 6) is -0.832. The van der Waals surface area contributed by atoms with Crippen LogP contribution in [0.3, 0.4) is 0 Å². The zero-order valence-corrected chi connectivity index (χ0v) is 9.43. The van der Waals surface area contributed by atoms with Gasteiger partial charge in [-0.25, -0.2) is 4.98 Å². The summed E-state index contributed by atoms with van der Waals surface area (Å²) in [5.41, 5.74) is 0.816. The normalized spacial score (nSPS) is 18.2. The van der Waals surface area contributed by atoms with Crippen molar-refractivity contribution in [1.82, 2.24) is 4.98 Å². The summed E-state index contributed by atoms with van der Waals surface area (Å²) in [7, 11) is 0. The van der Waals surface area contributed by atoms with Crippen molar-refractivity contribution in [3.63, 3.8) is 0 Å². The number of nitrogens with one attached hydrogen (secondary N) is 1. The van der Waals surface area contributed by atoms with Gasteiger partial charge < -0.3 is 10.4 Å². The average molecular weight is 226 g/mol. The van der Waals surface area contributed by atoms with E-state index in [0.29, 0.717) is 5.69 Å². The van der Waals surface area contributed by atoms with Crippen LogP contribution in [0, 0.1) is 0 Å². The predicted molar refractivity (Wildman–Crippen MR) is 59.3 cm³/mol. The lowest BCUT2D eigenvalue weighted by Crippen LogP contribution is -2.41. The van der Waals surface area contributed by atoms with Gasteiger partial charge in [0.1, 0.15) is 0 Å². The van der Waals surface area contributed by atoms with Crippen molar-refractivity contribution < 1.29 is 9.90 Å². The van der Waals surface area contributed by atoms with Crippen LogP contribution >= 0.6 is 11.3 Å². The molecule has 0 atom stereocenters. The number of aliphatic carboxylic acids is 1. The van der Waals surface area contributed by atoms with Crippen LogP contribution in [0.5, 0.6) is 0 Å². The van der Waals surface area contributed by atoms with Gasteiger partial charge in [0.15, 0.2) is 5.13 Å². The van der Waals surface area contributed by atoms with Gasteiger partial charge in [-0.15, -0.1) is 11.3 Å². The molecular weight excluding hydrogens is 212 g/mol. The first-order valence-corrected chi connectivity index (χ1v) is 5.90. The first-order chi connectivity index (χ1) is 7.07. The maximum atomic E-state index is 10.5. The van der Waals surface area contributed by atoms with Crippen molar-refractivity contribution in [2.24, 2.45) is 0 Å². The number of aromatic nitrogens is 1. The number of anilines is 1. The molecule has 5 heteroatoms. The van der Waals surface area contributed by atoms with Crippen LogP contribution in [0.1, 0.15) is 31.9 Å². The Labute approximate surface area is 92.3 Å². The molecule has 0 saturated heterocycles. The Bertz CT molecular complexity index is 371. The van der Waals surface area contributed by atoms with E-state index in [1.165, 1.54) is 30.6 Å². The minimum atomic E-state index is -0.832. The standard InChI is InChI=1S/C10H14N2O2S/c1-10(3-2-4-10)12-9-11-7(6-15-9)5-8(13)14/h6H,2-5H2,1H3,(H,11,12)(H,13,14). The smallest absolute Gasteiger partial charge is 0.309 e. The van der Waals surface area contributed by atoms with E-state index < -0.39 is 5.97 Å². The van der Waals surface area contributed by atoms with Crippen molar-refractivity contribution in [3.05, 3.63) is 11.1 Å². The number of carbonyl (C=O) groups is 1. The predicted octanol–water partition coefficient (Wildman–Crippen LogP) is 2.12. The Morgan fingerprint density at radius 3 is 3.00 bits per heavy atom. The molecule has 2 N–H and O–H groups in total. The molecule has 1 aromatic rings. The average Bonchev–Trinajstić information content (AvgIpc) is 2.48. The van der Waals surface area contributed by atoms with Gasteiger partial charge in [-0.3, -0.25) is 4.79 Å². The lowest BCUT2D eigenvalue weighted by atomic mass is 9.79. The van der Waals surface area contributed by atoms with Gasteiger partial charge in [0.25, 0.3) is 0 Å². The number of carboxylic acids is 1. The second-order valence-corrected chi connectivity index (χ2v) is 5.11. The van der Waals surface area contributed by atoms with Crippen molar-refractivity contribution >= 4 is 22.4 Å². The van der Waals surface area contributed by atoms with E-state index in [-0.39, 0.29) is 12.0 Å². The summed E-state index contributed by atoms with van der Waals surface area (Å²) in [5, 5.41) is 14.6. The molecule has 0 bridgehead atoms. The van der Waals surface area contributed by atoms with E-state index in [1.807, 2.05) is 0 Å². The van der Waals surface area contributed by atoms with E-state index in [2.05, 4.69) is 17.2 Å². The molecule has 0 amide bonds. The maximum Gasteiger partial charge on any atom is 0.309 e. The molecular formula is C10H14N2O2S. The highest BCUT2D eigenvalue weighted by Gasteiger charge is 2.32. The third-order valence-electron chi connectivity index (χ3n) is 2.75. The fourth-order valence-corrected chi connectivity index (χ4v) is 2.55. The van der Waals surface area contributed by atoms with E-state index in [1.54, 1.807) is 5.38 Å². The zero-order valence-electron chi connectivity index (χ0n) is 8.62. The fraction of sp³-hybridized carbons (Fsp3) is 0.600. The number of thiazole rings is 1. The van der Waals surface area contributed by atoms with Gasteiger partial charge in [0.2, 0.25) is 0 Å². The minimum absolute atomic E-state index is 0.00882. The van der Waals surface area contributed by atoms with Gasteiger partial charge >= 0.3 is 5.97 Å². The Morgan fingerprint density at radius 1 is 1.73 bits per heavy atom. The van der Waals surface area contributed by atoms with Gasteiger partial charge in [0.05, 0.1) is 12.1 Å². The first-order valence-electron chi connectivity index (χ1n) is 5.02. The highest BCUT2D eigenvalue weighted by atomic mass is 32.1. The molecule has 1 aliphatic carbocycles. The maximum absolute atomic E-state index is 10.5. The molecule has 1 heterocycles. The van der Waals surface area contributed by atoms with Gasteiger partial charge in [0, 0.05) is 10.9 Å². The number of hydrogen-bond acceptors (Lipinski definition) is 4. The molecule has 2 rings (SSSR count). The van der Waals surface area contributed by atoms with E-state index in [4.69, 9.17) is 5.11 Å². The number of hydrogen-bond donors (Lipinski definition) is 2. The summed E-state index contributed by atoms with van der Waals surface area (Å²) in [4.78, 5) is 14.7. The van der Waals surface area contributed by atoms with Crippen LogP contribution in [-0.2, 0) is 11.2 Å². The third kappa shape index (κ3) is 2.47. The summed E-state index contributed by atoms with van der Waals surface area (Å²) < 4.78 is 0. The number of rotatable bonds is 4. The first kappa shape index (κ1) is 10.4. The highest BCUT2D eigenvalue weighted by molar-refractivity contribution is 7.13. The lowest BCUT2D eigenvalue weighted by molar-refractivity contribution is -0.136. The van der Waals surface area contributed by atoms with Crippen molar-refractivity contribution in [3.8, 4) is 0 Å². The Balaban J connectivity index is 1.97. The zero-order chi connectivity index (χ0) is 10.9. The van der Waals surface area contributed by atoms with Crippen molar-refractivity contribution in [2.75, 3.05) is 5.32 Å². The van der Waals surface area contributed by atoms with E-state index in [0.717, 1.165) is 5.13 Å². The topological polar surface area (TPSA) is 62.2 Å². The van der Waals surface area contributed by atoms with Crippen LogP contribution in [-0.4, -0.2) is 21.6 Å². The molecule has 1 saturated carbocycles. The van der Waals surface area contributed by atoms with Gasteiger partial charge in [-0.05, 0) is 26.2 Å². The molecule has 0 radical (unpaired) electrons. The SMILES string of the molecule is CC1(Nc2nc(CC(=O)O)cs2)CCC1. The lowest BCUT2D eigenvalue weighted by Gasteiger charge is -2.39. The van der Waals surface area contributed by atoms with Crippen LogP contribution < -0.4 is 5.32 Å². The molecule has 1 aromatic heterocycles. The van der Waals surface area contributed by atoms with E-state index in [9.17, 15) is 4.79 Å². The Morgan fingerprint density at radius 2 is 2.47 bits per heavy atom. The molecule has 0 unspecified atom stereocenters. The summed E-state index contributed by atoms with van der Waals surface area (Å²) in [6.07, 6.45) is 3.60. The Kier molecular flexibility index (Phi) is 2.65. The highest BCUT2D eigenvalue weighted by Crippen LogP contribution is 2.35. The summed E-state index contributed by atoms with van der Waals surface area (Å²) in [6, 6.07) is 0. The molecule has 0 spiro atoms. The van der Waals surface area contributed by atoms with Crippen LogP contribution in [0.15, 0.2) is 5.38 Å². The van der Waals surface area contributed by atoms with Crippen LogP contribution in [0.2, 0.25) is 0 Å². The molecule has 1 fully saturated rings. The van der Waals surface area contributed by atoms with Crippen molar-refractivity contribution in [1.29, 1.82) is 0 Å². The molecule has 1 aliphatic rings. The largest absolute Gasteiger partial charge is 0.481 e. The minimum Gasteiger partial charge on any atom is -0.481 e. The van der Waals surface area contributed by atoms with Crippen molar-refractivity contribution in [2.45, 2.75) is 38.1 Å². The van der Waals surface area contributed by atoms with Crippen LogP contribution in [0.25, 0.3) is 0 Å². The quantitative estimate of drug-likeness (QED) is 0.825. The number of carboxylic acid groups (broad SMARTS) is 1. The van der Waals surface area contributed by atoms with Gasteiger partial charge in [-0.1, -0.05) is 0 Å². The third-order valence-corrected chi connectivity index (χ3v) is 3.56. The van der Waals surface area contributed by atoms with Crippen LogP contribution in [0.4, 0.5) is 5.13 Å². The summed E-state index contributed by atoms with van der Waals surface area (Å²) in [6.45, 7) is 2.18. The molecule has 0 aromatic carbocycles. The Hall–Kier alpha value is -1.10. The number of nitrogens with zero attached hydrogens (tertiary/aromatic N) is 1. The molecule has 0 aliphatic heterocycles. The molecule has 15 heavy (non-hydrogen) atoms. The molecule has 82 valence electrons. The van der Waals surface area contributed by atoms with E-state index >= 15 is 0 Å². The van der Waals surface area contributed by atoms with Gasteiger partial charge in [-0.2, -0.15) is 0 Å².